The third kappa shape index (κ3) is 6.24. The Balaban J connectivity index is 2.60. The molecule has 1 aromatic rings. The van der Waals surface area contributed by atoms with E-state index in [1.165, 1.54) is 0 Å². The van der Waals surface area contributed by atoms with Gasteiger partial charge in [0.25, 0.3) is 5.91 Å². The summed E-state index contributed by atoms with van der Waals surface area (Å²) in [5.74, 6) is -0.362. The maximum absolute atomic E-state index is 12.1. The molecule has 0 aliphatic heterocycles. The predicted octanol–water partition coefficient (Wildman–Crippen LogP) is 0.118. The molecule has 0 aromatic heterocycles. The minimum atomic E-state index is -3.31. The summed E-state index contributed by atoms with van der Waals surface area (Å²) in [5, 5.41) is 5.69. The first kappa shape index (κ1) is 17.6. The summed E-state index contributed by atoms with van der Waals surface area (Å²) in [4.78, 5) is 12.1. The SMILES string of the molecule is CCNS(=O)(=O)CCNC(=O)c1ccccc1CCNC. The van der Waals surface area contributed by atoms with Gasteiger partial charge < -0.3 is 10.6 Å². The van der Waals surface area contributed by atoms with Gasteiger partial charge in [0.2, 0.25) is 10.0 Å². The van der Waals surface area contributed by atoms with Crippen molar-refractivity contribution in [2.45, 2.75) is 13.3 Å². The number of amides is 1. The molecule has 6 nitrogen and oxygen atoms in total. The first-order valence-electron chi connectivity index (χ1n) is 6.98. The molecule has 0 aliphatic carbocycles. The van der Waals surface area contributed by atoms with Crippen LogP contribution in [0, 0.1) is 0 Å². The number of hydrogen-bond donors (Lipinski definition) is 3. The Kier molecular flexibility index (Phi) is 7.35. The number of nitrogens with one attached hydrogen (secondary N) is 3. The summed E-state index contributed by atoms with van der Waals surface area (Å²) in [6, 6.07) is 7.34. The van der Waals surface area contributed by atoms with Crippen LogP contribution in [0.25, 0.3) is 0 Å². The van der Waals surface area contributed by atoms with Crippen molar-refractivity contribution >= 4 is 15.9 Å². The van der Waals surface area contributed by atoms with Crippen LogP contribution < -0.4 is 15.4 Å². The minimum absolute atomic E-state index is 0.0918. The van der Waals surface area contributed by atoms with Gasteiger partial charge in [0.05, 0.1) is 5.75 Å². The van der Waals surface area contributed by atoms with E-state index in [1.807, 2.05) is 19.2 Å². The highest BCUT2D eigenvalue weighted by atomic mass is 32.2. The zero-order valence-electron chi connectivity index (χ0n) is 12.5. The van der Waals surface area contributed by atoms with Crippen molar-refractivity contribution in [3.63, 3.8) is 0 Å². The first-order chi connectivity index (χ1) is 10.00. The number of sulfonamides is 1. The standard InChI is InChI=1S/C14H23N3O3S/c1-3-17-21(19,20)11-10-16-14(18)13-7-5-4-6-12(13)8-9-15-2/h4-7,15,17H,3,8-11H2,1-2H3,(H,16,18). The Bertz CT molecular complexity index is 558. The molecular weight excluding hydrogens is 290 g/mol. The lowest BCUT2D eigenvalue weighted by molar-refractivity contribution is 0.0955. The van der Waals surface area contributed by atoms with Crippen molar-refractivity contribution in [2.24, 2.45) is 0 Å². The number of hydrogen-bond acceptors (Lipinski definition) is 4. The van der Waals surface area contributed by atoms with Crippen molar-refractivity contribution < 1.29 is 13.2 Å². The van der Waals surface area contributed by atoms with E-state index in [-0.39, 0.29) is 18.2 Å². The summed E-state index contributed by atoms with van der Waals surface area (Å²) < 4.78 is 25.4. The van der Waals surface area contributed by atoms with Crippen LogP contribution in [0.3, 0.4) is 0 Å². The van der Waals surface area contributed by atoms with Gasteiger partial charge in [-0.3, -0.25) is 4.79 Å². The zero-order chi connectivity index (χ0) is 15.7. The largest absolute Gasteiger partial charge is 0.351 e. The van der Waals surface area contributed by atoms with Crippen LogP contribution in [-0.4, -0.2) is 46.8 Å². The molecule has 0 aliphatic rings. The molecule has 21 heavy (non-hydrogen) atoms. The Labute approximate surface area is 126 Å². The molecule has 0 saturated carbocycles. The van der Waals surface area contributed by atoms with E-state index in [9.17, 15) is 13.2 Å². The number of rotatable bonds is 9. The van der Waals surface area contributed by atoms with Crippen LogP contribution >= 0.6 is 0 Å². The normalized spacial score (nSPS) is 11.3. The smallest absolute Gasteiger partial charge is 0.251 e. The fraction of sp³-hybridized carbons (Fsp3) is 0.500. The minimum Gasteiger partial charge on any atom is -0.351 e. The quantitative estimate of drug-likeness (QED) is 0.604. The fourth-order valence-corrected chi connectivity index (χ4v) is 2.86. The van der Waals surface area contributed by atoms with Crippen LogP contribution in [0.4, 0.5) is 0 Å². The molecular formula is C14H23N3O3S. The van der Waals surface area contributed by atoms with E-state index < -0.39 is 10.0 Å². The maximum atomic E-state index is 12.1. The van der Waals surface area contributed by atoms with Crippen molar-refractivity contribution in [3.05, 3.63) is 35.4 Å². The van der Waals surface area contributed by atoms with Gasteiger partial charge in [-0.15, -0.1) is 0 Å². The van der Waals surface area contributed by atoms with Crippen molar-refractivity contribution in [2.75, 3.05) is 32.4 Å². The van der Waals surface area contributed by atoms with E-state index in [2.05, 4.69) is 15.4 Å². The Morgan fingerprint density at radius 2 is 1.90 bits per heavy atom. The van der Waals surface area contributed by atoms with Crippen molar-refractivity contribution in [1.29, 1.82) is 0 Å². The summed E-state index contributed by atoms with van der Waals surface area (Å²) >= 11 is 0. The maximum Gasteiger partial charge on any atom is 0.251 e. The lowest BCUT2D eigenvalue weighted by atomic mass is 10.0. The van der Waals surface area contributed by atoms with Crippen molar-refractivity contribution in [3.8, 4) is 0 Å². The molecule has 118 valence electrons. The van der Waals surface area contributed by atoms with E-state index in [0.717, 1.165) is 18.5 Å². The van der Waals surface area contributed by atoms with Gasteiger partial charge >= 0.3 is 0 Å². The highest BCUT2D eigenvalue weighted by Gasteiger charge is 2.12. The van der Waals surface area contributed by atoms with Crippen LogP contribution in [0.15, 0.2) is 24.3 Å². The van der Waals surface area contributed by atoms with E-state index in [1.54, 1.807) is 19.1 Å². The molecule has 0 saturated heterocycles. The highest BCUT2D eigenvalue weighted by molar-refractivity contribution is 7.89. The molecule has 1 rings (SSSR count). The molecule has 0 radical (unpaired) electrons. The van der Waals surface area contributed by atoms with Crippen LogP contribution in [0.5, 0.6) is 0 Å². The second-order valence-corrected chi connectivity index (χ2v) is 6.51. The zero-order valence-corrected chi connectivity index (χ0v) is 13.3. The Morgan fingerprint density at radius 1 is 1.19 bits per heavy atom. The third-order valence-electron chi connectivity index (χ3n) is 2.93. The highest BCUT2D eigenvalue weighted by Crippen LogP contribution is 2.09. The second-order valence-electron chi connectivity index (χ2n) is 4.58. The molecule has 0 atom stereocenters. The van der Waals surface area contributed by atoms with E-state index >= 15 is 0 Å². The Hall–Kier alpha value is -1.44. The molecule has 0 spiro atoms. The predicted molar refractivity (Wildman–Crippen MR) is 83.9 cm³/mol. The average molecular weight is 313 g/mol. The molecule has 0 heterocycles. The van der Waals surface area contributed by atoms with Gasteiger partial charge in [0.1, 0.15) is 0 Å². The monoisotopic (exact) mass is 313 g/mol. The molecule has 1 amide bonds. The summed E-state index contributed by atoms with van der Waals surface area (Å²) in [6.07, 6.45) is 0.746. The van der Waals surface area contributed by atoms with Gasteiger partial charge in [0.15, 0.2) is 0 Å². The van der Waals surface area contributed by atoms with Gasteiger partial charge in [-0.25, -0.2) is 13.1 Å². The third-order valence-corrected chi connectivity index (χ3v) is 4.40. The Morgan fingerprint density at radius 3 is 2.57 bits per heavy atom. The van der Waals surface area contributed by atoms with Crippen LogP contribution in [0.1, 0.15) is 22.8 Å². The number of benzene rings is 1. The van der Waals surface area contributed by atoms with Crippen molar-refractivity contribution in [1.82, 2.24) is 15.4 Å². The number of carbonyl (C=O) groups excluding carboxylic acids is 1. The van der Waals surface area contributed by atoms with Gasteiger partial charge in [0, 0.05) is 18.7 Å². The first-order valence-corrected chi connectivity index (χ1v) is 8.63. The van der Waals surface area contributed by atoms with Gasteiger partial charge in [-0.2, -0.15) is 0 Å². The molecule has 3 N–H and O–H groups in total. The van der Waals surface area contributed by atoms with E-state index in [0.29, 0.717) is 12.1 Å². The average Bonchev–Trinajstić information content (AvgIpc) is 2.45. The number of carbonyl (C=O) groups is 1. The van der Waals surface area contributed by atoms with Crippen LogP contribution in [-0.2, 0) is 16.4 Å². The topological polar surface area (TPSA) is 87.3 Å². The summed E-state index contributed by atoms with van der Waals surface area (Å²) in [7, 11) is -1.45. The number of likely N-dealkylation sites (N-methyl/N-ethyl adjacent to an activating group) is 1. The van der Waals surface area contributed by atoms with Gasteiger partial charge in [-0.1, -0.05) is 25.1 Å². The van der Waals surface area contributed by atoms with Gasteiger partial charge in [-0.05, 0) is 31.6 Å². The fourth-order valence-electron chi connectivity index (χ4n) is 1.91. The molecule has 0 bridgehead atoms. The summed E-state index contributed by atoms with van der Waals surface area (Å²) in [5.41, 5.74) is 1.53. The summed E-state index contributed by atoms with van der Waals surface area (Å²) in [6.45, 7) is 2.94. The van der Waals surface area contributed by atoms with E-state index in [4.69, 9.17) is 0 Å². The second kappa shape index (κ2) is 8.76. The van der Waals surface area contributed by atoms with Crippen LogP contribution in [0.2, 0.25) is 0 Å². The molecule has 0 unspecified atom stereocenters. The molecule has 1 aromatic carbocycles. The molecule has 0 fully saturated rings. The molecule has 7 heteroatoms. The lowest BCUT2D eigenvalue weighted by Gasteiger charge is -2.10. The lowest BCUT2D eigenvalue weighted by Crippen LogP contribution is -2.34.